The van der Waals surface area contributed by atoms with Crippen LogP contribution < -0.4 is 5.32 Å². The Morgan fingerprint density at radius 1 is 1.33 bits per heavy atom. The minimum atomic E-state index is -0.740. The maximum atomic E-state index is 11.0. The number of carbonyl (C=O) groups excluding carboxylic acids is 2. The Labute approximate surface area is 70.3 Å². The number of urea groups is 2. The lowest BCUT2D eigenvalue weighted by Gasteiger charge is -2.18. The number of hydrogen-bond donors (Lipinski definition) is 1. The maximum Gasteiger partial charge on any atom is 0.338 e. The van der Waals surface area contributed by atoms with Crippen LogP contribution in [-0.2, 0) is 0 Å². The van der Waals surface area contributed by atoms with Gasteiger partial charge in [-0.2, -0.15) is 5.26 Å². The van der Waals surface area contributed by atoms with E-state index >= 15 is 0 Å². The standard InChI is InChI=1S/C6H10N4O2/c1-9(2)6(12)10(3)5(11)8-4-7/h1-3H3,(H,8,11). The molecule has 6 nitrogen and oxygen atoms in total. The van der Waals surface area contributed by atoms with Crippen LogP contribution in [0.1, 0.15) is 0 Å². The SMILES string of the molecule is CN(C)C(=O)N(C)C(=O)NC#N. The first-order valence-corrected chi connectivity index (χ1v) is 3.14. The van der Waals surface area contributed by atoms with Crippen molar-refractivity contribution in [3.63, 3.8) is 0 Å². The van der Waals surface area contributed by atoms with E-state index in [9.17, 15) is 9.59 Å². The van der Waals surface area contributed by atoms with Gasteiger partial charge >= 0.3 is 12.1 Å². The quantitative estimate of drug-likeness (QED) is 0.403. The van der Waals surface area contributed by atoms with Crippen LogP contribution >= 0.6 is 0 Å². The molecule has 0 atom stereocenters. The van der Waals surface area contributed by atoms with Gasteiger partial charge in [0, 0.05) is 21.1 Å². The first-order chi connectivity index (χ1) is 5.50. The molecule has 6 heteroatoms. The number of nitrogens with zero attached hydrogens (tertiary/aromatic N) is 3. The molecule has 0 unspecified atom stereocenters. The molecule has 0 aliphatic rings. The Kier molecular flexibility index (Phi) is 3.56. The summed E-state index contributed by atoms with van der Waals surface area (Å²) in [6.45, 7) is 0. The van der Waals surface area contributed by atoms with E-state index in [0.29, 0.717) is 0 Å². The van der Waals surface area contributed by atoms with Crippen molar-refractivity contribution in [2.45, 2.75) is 0 Å². The molecule has 0 aliphatic heterocycles. The van der Waals surface area contributed by atoms with Crippen molar-refractivity contribution in [2.75, 3.05) is 21.1 Å². The molecule has 1 N–H and O–H groups in total. The normalized spacial score (nSPS) is 8.17. The molecule has 0 fully saturated rings. The Bertz CT molecular complexity index is 230. The monoisotopic (exact) mass is 170 g/mol. The van der Waals surface area contributed by atoms with E-state index in [1.165, 1.54) is 32.2 Å². The van der Waals surface area contributed by atoms with Gasteiger partial charge < -0.3 is 4.90 Å². The third-order valence-electron chi connectivity index (χ3n) is 1.14. The minimum absolute atomic E-state index is 0.484. The van der Waals surface area contributed by atoms with Gasteiger partial charge in [-0.15, -0.1) is 0 Å². The molecule has 0 aromatic heterocycles. The summed E-state index contributed by atoms with van der Waals surface area (Å²) in [4.78, 5) is 23.9. The lowest BCUT2D eigenvalue weighted by molar-refractivity contribution is 0.178. The molecule has 0 saturated heterocycles. The fraction of sp³-hybridized carbons (Fsp3) is 0.500. The van der Waals surface area contributed by atoms with Crippen LogP contribution in [0.4, 0.5) is 9.59 Å². The van der Waals surface area contributed by atoms with E-state index in [4.69, 9.17) is 5.26 Å². The molecule has 0 saturated carbocycles. The maximum absolute atomic E-state index is 11.0. The molecule has 0 aromatic rings. The van der Waals surface area contributed by atoms with E-state index in [-0.39, 0.29) is 0 Å². The van der Waals surface area contributed by atoms with Crippen molar-refractivity contribution < 1.29 is 9.59 Å². The summed E-state index contributed by atoms with van der Waals surface area (Å²) in [5.74, 6) is 0. The van der Waals surface area contributed by atoms with Crippen molar-refractivity contribution in [2.24, 2.45) is 0 Å². The predicted octanol–water partition coefficient (Wildman–Crippen LogP) is -0.210. The lowest BCUT2D eigenvalue weighted by Crippen LogP contribution is -2.44. The first-order valence-electron chi connectivity index (χ1n) is 3.14. The number of imide groups is 1. The first kappa shape index (κ1) is 10.2. The molecule has 4 amide bonds. The van der Waals surface area contributed by atoms with Crippen molar-refractivity contribution in [3.05, 3.63) is 0 Å². The van der Waals surface area contributed by atoms with Crippen LogP contribution in [0.25, 0.3) is 0 Å². The minimum Gasteiger partial charge on any atom is -0.330 e. The molecule has 0 aliphatic carbocycles. The fourth-order valence-corrected chi connectivity index (χ4v) is 0.519. The summed E-state index contributed by atoms with van der Waals surface area (Å²) in [6, 6.07) is -1.22. The molecule has 0 radical (unpaired) electrons. The Morgan fingerprint density at radius 3 is 2.17 bits per heavy atom. The molecular weight excluding hydrogens is 160 g/mol. The second kappa shape index (κ2) is 4.18. The van der Waals surface area contributed by atoms with Crippen LogP contribution in [0, 0.1) is 11.5 Å². The number of hydrogen-bond acceptors (Lipinski definition) is 3. The Morgan fingerprint density at radius 2 is 1.83 bits per heavy atom. The van der Waals surface area contributed by atoms with E-state index < -0.39 is 12.1 Å². The van der Waals surface area contributed by atoms with E-state index in [1.807, 2.05) is 5.32 Å². The van der Waals surface area contributed by atoms with Gasteiger partial charge in [0.15, 0.2) is 6.19 Å². The van der Waals surface area contributed by atoms with Crippen LogP contribution in [0.5, 0.6) is 0 Å². The average molecular weight is 170 g/mol. The third-order valence-corrected chi connectivity index (χ3v) is 1.14. The third kappa shape index (κ3) is 2.46. The average Bonchev–Trinajstić information content (AvgIpc) is 2.02. The molecule has 66 valence electrons. The van der Waals surface area contributed by atoms with Gasteiger partial charge in [-0.3, -0.25) is 0 Å². The summed E-state index contributed by atoms with van der Waals surface area (Å²) in [6.07, 6.45) is 1.43. The van der Waals surface area contributed by atoms with Gasteiger partial charge in [0.1, 0.15) is 0 Å². The number of amides is 4. The van der Waals surface area contributed by atoms with Gasteiger partial charge in [-0.1, -0.05) is 0 Å². The molecule has 12 heavy (non-hydrogen) atoms. The zero-order chi connectivity index (χ0) is 9.72. The van der Waals surface area contributed by atoms with Crippen molar-refractivity contribution in [1.82, 2.24) is 15.1 Å². The van der Waals surface area contributed by atoms with Gasteiger partial charge in [0.25, 0.3) is 0 Å². The van der Waals surface area contributed by atoms with E-state index in [2.05, 4.69) is 0 Å². The van der Waals surface area contributed by atoms with E-state index in [1.54, 1.807) is 0 Å². The Balaban J connectivity index is 4.21. The summed E-state index contributed by atoms with van der Waals surface area (Å²) in [5, 5.41) is 9.90. The zero-order valence-electron chi connectivity index (χ0n) is 7.16. The smallest absolute Gasteiger partial charge is 0.330 e. The van der Waals surface area contributed by atoms with Crippen LogP contribution in [-0.4, -0.2) is 43.0 Å². The zero-order valence-corrected chi connectivity index (χ0v) is 7.16. The van der Waals surface area contributed by atoms with Crippen molar-refractivity contribution in [3.8, 4) is 6.19 Å². The summed E-state index contributed by atoms with van der Waals surface area (Å²) in [5.41, 5.74) is 0. The van der Waals surface area contributed by atoms with Crippen LogP contribution in [0.3, 0.4) is 0 Å². The largest absolute Gasteiger partial charge is 0.338 e. The van der Waals surface area contributed by atoms with Crippen LogP contribution in [0.15, 0.2) is 0 Å². The summed E-state index contributed by atoms with van der Waals surface area (Å²) in [7, 11) is 4.31. The predicted molar refractivity (Wildman–Crippen MR) is 41.0 cm³/mol. The number of carbonyl (C=O) groups is 2. The summed E-state index contributed by atoms with van der Waals surface area (Å²) < 4.78 is 0. The second-order valence-corrected chi connectivity index (χ2v) is 2.28. The van der Waals surface area contributed by atoms with Crippen molar-refractivity contribution in [1.29, 1.82) is 5.26 Å². The molecule has 0 heterocycles. The van der Waals surface area contributed by atoms with Gasteiger partial charge in [0.05, 0.1) is 0 Å². The second-order valence-electron chi connectivity index (χ2n) is 2.28. The van der Waals surface area contributed by atoms with Gasteiger partial charge in [-0.25, -0.2) is 19.8 Å². The lowest BCUT2D eigenvalue weighted by atomic mass is 10.7. The number of rotatable bonds is 0. The molecule has 0 bridgehead atoms. The highest BCUT2D eigenvalue weighted by Crippen LogP contribution is 1.90. The molecule has 0 aromatic carbocycles. The highest BCUT2D eigenvalue weighted by Gasteiger charge is 2.17. The Hall–Kier alpha value is -1.77. The number of nitriles is 1. The number of nitrogens with one attached hydrogen (secondary N) is 1. The fourth-order valence-electron chi connectivity index (χ4n) is 0.519. The highest BCUT2D eigenvalue weighted by molar-refractivity contribution is 5.93. The summed E-state index contributed by atoms with van der Waals surface area (Å²) >= 11 is 0. The highest BCUT2D eigenvalue weighted by atomic mass is 16.2. The van der Waals surface area contributed by atoms with Crippen LogP contribution in [0.2, 0.25) is 0 Å². The molecule has 0 spiro atoms. The molecule has 0 rings (SSSR count). The van der Waals surface area contributed by atoms with E-state index in [0.717, 1.165) is 4.90 Å². The molecular formula is C6H10N4O2. The van der Waals surface area contributed by atoms with Gasteiger partial charge in [-0.05, 0) is 0 Å². The van der Waals surface area contributed by atoms with Gasteiger partial charge in [0.2, 0.25) is 0 Å². The van der Waals surface area contributed by atoms with Crippen molar-refractivity contribution >= 4 is 12.1 Å². The topological polar surface area (TPSA) is 76.4 Å².